The highest BCUT2D eigenvalue weighted by molar-refractivity contribution is 6.33. The highest BCUT2D eigenvalue weighted by atomic mass is 35.5. The van der Waals surface area contributed by atoms with Crippen LogP contribution in [0.4, 0.5) is 4.79 Å². The first-order valence-electron chi connectivity index (χ1n) is 11.3. The number of aromatic nitrogens is 1. The molecule has 0 aliphatic carbocycles. The third kappa shape index (κ3) is 3.79. The molecule has 0 radical (unpaired) electrons. The third-order valence-electron chi connectivity index (χ3n) is 7.00. The summed E-state index contributed by atoms with van der Waals surface area (Å²) in [6.07, 6.45) is 5.00. The van der Waals surface area contributed by atoms with Gasteiger partial charge in [-0.2, -0.15) is 0 Å². The van der Waals surface area contributed by atoms with Crippen molar-refractivity contribution in [3.05, 3.63) is 58.9 Å². The van der Waals surface area contributed by atoms with Gasteiger partial charge in [-0.3, -0.25) is 14.2 Å². The summed E-state index contributed by atoms with van der Waals surface area (Å²) < 4.78 is 1.71. The van der Waals surface area contributed by atoms with Crippen molar-refractivity contribution in [2.75, 3.05) is 26.2 Å². The molecule has 1 aromatic carbocycles. The predicted molar refractivity (Wildman–Crippen MR) is 120 cm³/mol. The molecule has 0 spiro atoms. The molecule has 3 aliphatic heterocycles. The standard InChI is InChI=1S/C24H27ClN4O3/c25-21-8-2-1-7-20(21)23(31)27-11-3-5-17(15-27)22(30)26-13-9-18(10-14-26)29-16-19-6-4-12-28(19)24(29)32/h1-2,4,6-8,12,17-18H,3,5,9-11,13-16H2. The fraction of sp³-hybridized carbons (Fsp3) is 0.458. The Morgan fingerprint density at radius 3 is 2.47 bits per heavy atom. The predicted octanol–water partition coefficient (Wildman–Crippen LogP) is 3.47. The molecule has 2 aromatic rings. The number of hydrogen-bond acceptors (Lipinski definition) is 3. The number of carbonyl (C=O) groups is 3. The molecular weight excluding hydrogens is 428 g/mol. The van der Waals surface area contributed by atoms with Gasteiger partial charge >= 0.3 is 6.03 Å². The lowest BCUT2D eigenvalue weighted by Crippen LogP contribution is -2.51. The summed E-state index contributed by atoms with van der Waals surface area (Å²) in [7, 11) is 0. The number of hydrogen-bond donors (Lipinski definition) is 0. The molecule has 0 N–H and O–H groups in total. The second-order valence-corrected chi connectivity index (χ2v) is 9.31. The van der Waals surface area contributed by atoms with Crippen molar-refractivity contribution in [3.63, 3.8) is 0 Å². The molecule has 168 valence electrons. The SMILES string of the molecule is O=C(c1ccccc1Cl)N1CCCC(C(=O)N2CCC(N3Cc4cccn4C3=O)CC2)C1. The maximum atomic E-state index is 13.2. The van der Waals surface area contributed by atoms with Crippen molar-refractivity contribution < 1.29 is 14.4 Å². The largest absolute Gasteiger partial charge is 0.342 e. The van der Waals surface area contributed by atoms with Gasteiger partial charge in [-0.15, -0.1) is 0 Å². The smallest absolute Gasteiger partial charge is 0.329 e. The maximum absolute atomic E-state index is 13.2. The molecule has 2 saturated heterocycles. The van der Waals surface area contributed by atoms with Crippen LogP contribution >= 0.6 is 11.6 Å². The van der Waals surface area contributed by atoms with Gasteiger partial charge in [-0.1, -0.05) is 23.7 Å². The maximum Gasteiger partial charge on any atom is 0.329 e. The number of nitrogens with zero attached hydrogens (tertiary/aromatic N) is 4. The van der Waals surface area contributed by atoms with Crippen LogP contribution in [0.3, 0.4) is 0 Å². The minimum Gasteiger partial charge on any atom is -0.342 e. The quantitative estimate of drug-likeness (QED) is 0.713. The van der Waals surface area contributed by atoms with Crippen LogP contribution in [0.25, 0.3) is 0 Å². The van der Waals surface area contributed by atoms with E-state index >= 15 is 0 Å². The van der Waals surface area contributed by atoms with Gasteiger partial charge in [0.05, 0.1) is 23.0 Å². The molecule has 8 heteroatoms. The summed E-state index contributed by atoms with van der Waals surface area (Å²) in [5.74, 6) is -0.164. The molecular formula is C24H27ClN4O3. The second-order valence-electron chi connectivity index (χ2n) is 8.91. The molecule has 4 heterocycles. The van der Waals surface area contributed by atoms with E-state index in [1.54, 1.807) is 33.7 Å². The zero-order chi connectivity index (χ0) is 22.2. The number of halogens is 1. The Balaban J connectivity index is 1.17. The zero-order valence-corrected chi connectivity index (χ0v) is 18.7. The first kappa shape index (κ1) is 21.1. The summed E-state index contributed by atoms with van der Waals surface area (Å²) in [5.41, 5.74) is 1.52. The molecule has 1 aromatic heterocycles. The molecule has 1 atom stereocenters. The minimum absolute atomic E-state index is 0.0378. The molecule has 1 unspecified atom stereocenters. The average Bonchev–Trinajstić information content (AvgIpc) is 3.41. The van der Waals surface area contributed by atoms with Crippen LogP contribution in [-0.4, -0.2) is 69.3 Å². The molecule has 32 heavy (non-hydrogen) atoms. The summed E-state index contributed by atoms with van der Waals surface area (Å²) in [4.78, 5) is 44.4. The zero-order valence-electron chi connectivity index (χ0n) is 18.0. The van der Waals surface area contributed by atoms with Gasteiger partial charge in [0.1, 0.15) is 0 Å². The Bertz CT molecular complexity index is 1040. The van der Waals surface area contributed by atoms with Crippen molar-refractivity contribution in [2.24, 2.45) is 5.92 Å². The number of carbonyl (C=O) groups excluding carboxylic acids is 3. The van der Waals surface area contributed by atoms with Crippen LogP contribution in [-0.2, 0) is 11.3 Å². The molecule has 3 amide bonds. The van der Waals surface area contributed by atoms with E-state index in [2.05, 4.69) is 0 Å². The topological polar surface area (TPSA) is 65.9 Å². The van der Waals surface area contributed by atoms with E-state index in [9.17, 15) is 14.4 Å². The summed E-state index contributed by atoms with van der Waals surface area (Å²) >= 11 is 6.21. The second kappa shape index (κ2) is 8.62. The number of fused-ring (bicyclic) bond motifs is 1. The van der Waals surface area contributed by atoms with Crippen LogP contribution < -0.4 is 0 Å². The van der Waals surface area contributed by atoms with E-state index in [-0.39, 0.29) is 29.8 Å². The lowest BCUT2D eigenvalue weighted by atomic mass is 9.94. The Kier molecular flexibility index (Phi) is 5.67. The van der Waals surface area contributed by atoms with Crippen LogP contribution in [0, 0.1) is 5.92 Å². The van der Waals surface area contributed by atoms with E-state index in [1.807, 2.05) is 28.1 Å². The van der Waals surface area contributed by atoms with Crippen molar-refractivity contribution in [1.29, 1.82) is 0 Å². The van der Waals surface area contributed by atoms with E-state index in [0.29, 0.717) is 43.3 Å². The molecule has 5 rings (SSSR count). The molecule has 2 fully saturated rings. The number of benzene rings is 1. The highest BCUT2D eigenvalue weighted by Crippen LogP contribution is 2.28. The minimum atomic E-state index is -0.180. The van der Waals surface area contributed by atoms with Crippen molar-refractivity contribution >= 4 is 29.4 Å². The van der Waals surface area contributed by atoms with Crippen LogP contribution in [0.5, 0.6) is 0 Å². The fourth-order valence-corrected chi connectivity index (χ4v) is 5.44. The summed E-state index contributed by atoms with van der Waals surface area (Å²) in [6, 6.07) is 11.1. The first-order chi connectivity index (χ1) is 15.5. The van der Waals surface area contributed by atoms with Gasteiger partial charge in [-0.25, -0.2) is 4.79 Å². The van der Waals surface area contributed by atoms with Crippen LogP contribution in [0.2, 0.25) is 5.02 Å². The van der Waals surface area contributed by atoms with E-state index in [1.165, 1.54) is 0 Å². The van der Waals surface area contributed by atoms with Crippen molar-refractivity contribution in [1.82, 2.24) is 19.3 Å². The van der Waals surface area contributed by atoms with Crippen LogP contribution in [0.1, 0.15) is 41.7 Å². The molecule has 0 bridgehead atoms. The van der Waals surface area contributed by atoms with Crippen LogP contribution in [0.15, 0.2) is 42.6 Å². The van der Waals surface area contributed by atoms with Gasteiger partial charge in [0.2, 0.25) is 5.91 Å². The van der Waals surface area contributed by atoms with Gasteiger partial charge < -0.3 is 14.7 Å². The first-order valence-corrected chi connectivity index (χ1v) is 11.7. The monoisotopic (exact) mass is 454 g/mol. The lowest BCUT2D eigenvalue weighted by molar-refractivity contribution is -0.138. The summed E-state index contributed by atoms with van der Waals surface area (Å²) in [6.45, 7) is 3.02. The average molecular weight is 455 g/mol. The Hall–Kier alpha value is -2.80. The molecule has 7 nitrogen and oxygen atoms in total. The summed E-state index contributed by atoms with van der Waals surface area (Å²) in [5, 5.41) is 0.441. The van der Waals surface area contributed by atoms with Gasteiger partial charge in [0, 0.05) is 44.1 Å². The third-order valence-corrected chi connectivity index (χ3v) is 7.33. The Morgan fingerprint density at radius 2 is 1.72 bits per heavy atom. The van der Waals surface area contributed by atoms with E-state index in [4.69, 9.17) is 11.6 Å². The molecule has 3 aliphatic rings. The Labute approximate surface area is 192 Å². The van der Waals surface area contributed by atoms with E-state index in [0.717, 1.165) is 31.4 Å². The highest BCUT2D eigenvalue weighted by Gasteiger charge is 2.37. The van der Waals surface area contributed by atoms with E-state index < -0.39 is 0 Å². The van der Waals surface area contributed by atoms with Gasteiger partial charge in [-0.05, 0) is 49.9 Å². The lowest BCUT2D eigenvalue weighted by Gasteiger charge is -2.39. The number of amides is 3. The van der Waals surface area contributed by atoms with Gasteiger partial charge in [0.15, 0.2) is 0 Å². The van der Waals surface area contributed by atoms with Crippen molar-refractivity contribution in [3.8, 4) is 0 Å². The number of likely N-dealkylation sites (tertiary alicyclic amines) is 2. The fourth-order valence-electron chi connectivity index (χ4n) is 5.22. The molecule has 0 saturated carbocycles. The normalized spacial score (nSPS) is 21.7. The Morgan fingerprint density at radius 1 is 0.938 bits per heavy atom. The number of piperidine rings is 2. The van der Waals surface area contributed by atoms with Gasteiger partial charge in [0.25, 0.3) is 5.91 Å². The number of rotatable bonds is 3. The van der Waals surface area contributed by atoms with Crippen molar-refractivity contribution in [2.45, 2.75) is 38.3 Å².